The summed E-state index contributed by atoms with van der Waals surface area (Å²) in [6.45, 7) is 9.49. The summed E-state index contributed by atoms with van der Waals surface area (Å²) in [6, 6.07) is 2.00. The van der Waals surface area contributed by atoms with Crippen LogP contribution in [0.25, 0.3) is 0 Å². The molecule has 0 N–H and O–H groups in total. The van der Waals surface area contributed by atoms with Crippen molar-refractivity contribution in [2.75, 3.05) is 26.2 Å². The van der Waals surface area contributed by atoms with Gasteiger partial charge in [0.25, 0.3) is 0 Å². The first-order chi connectivity index (χ1) is 10.2. The maximum absolute atomic E-state index is 5.30. The summed E-state index contributed by atoms with van der Waals surface area (Å²) in [6.07, 6.45) is 1.13. The molecule has 0 bridgehead atoms. The monoisotopic (exact) mass is 291 g/mol. The van der Waals surface area contributed by atoms with Crippen molar-refractivity contribution in [3.8, 4) is 0 Å². The summed E-state index contributed by atoms with van der Waals surface area (Å²) in [7, 11) is 0. The molecule has 0 spiro atoms. The van der Waals surface area contributed by atoms with Crippen LogP contribution in [0.4, 0.5) is 0 Å². The van der Waals surface area contributed by atoms with Crippen LogP contribution in [-0.2, 0) is 13.1 Å². The molecule has 2 aromatic heterocycles. The summed E-state index contributed by atoms with van der Waals surface area (Å²) in [4.78, 5) is 9.04. The van der Waals surface area contributed by atoms with E-state index < -0.39 is 0 Å². The van der Waals surface area contributed by atoms with E-state index in [9.17, 15) is 0 Å². The fourth-order valence-corrected chi connectivity index (χ4v) is 2.66. The van der Waals surface area contributed by atoms with E-state index in [4.69, 9.17) is 9.05 Å². The minimum Gasteiger partial charge on any atom is -0.360 e. The first kappa shape index (κ1) is 14.2. The topological polar surface area (TPSA) is 71.4 Å². The van der Waals surface area contributed by atoms with E-state index in [1.807, 2.05) is 19.9 Å². The Kier molecular flexibility index (Phi) is 4.31. The highest BCUT2D eigenvalue weighted by Crippen LogP contribution is 2.11. The van der Waals surface area contributed by atoms with Crippen molar-refractivity contribution < 1.29 is 9.05 Å². The Morgan fingerprint density at radius 1 is 1.00 bits per heavy atom. The van der Waals surface area contributed by atoms with Crippen molar-refractivity contribution in [1.82, 2.24) is 25.1 Å². The quantitative estimate of drug-likeness (QED) is 0.842. The summed E-state index contributed by atoms with van der Waals surface area (Å²) in [5, 5.41) is 7.90. The lowest BCUT2D eigenvalue weighted by molar-refractivity contribution is 0.222. The molecule has 0 unspecified atom stereocenters. The van der Waals surface area contributed by atoms with Gasteiger partial charge in [-0.15, -0.1) is 0 Å². The van der Waals surface area contributed by atoms with Crippen molar-refractivity contribution >= 4 is 0 Å². The molecular formula is C14H21N5O2. The Morgan fingerprint density at radius 2 is 1.76 bits per heavy atom. The molecule has 0 amide bonds. The van der Waals surface area contributed by atoms with Crippen molar-refractivity contribution in [2.45, 2.75) is 33.4 Å². The van der Waals surface area contributed by atoms with Gasteiger partial charge in [0.1, 0.15) is 0 Å². The normalized spacial score (nSPS) is 18.0. The SMILES string of the molecule is Cc1cc(CN2CCCN(Cc3noc(C)n3)CC2)on1. The second-order valence-electron chi connectivity index (χ2n) is 5.57. The molecule has 7 nitrogen and oxygen atoms in total. The second-order valence-corrected chi connectivity index (χ2v) is 5.57. The third-order valence-corrected chi connectivity index (χ3v) is 3.67. The van der Waals surface area contributed by atoms with Gasteiger partial charge in [0.05, 0.1) is 18.8 Å². The summed E-state index contributed by atoms with van der Waals surface area (Å²) in [5.74, 6) is 2.34. The fraction of sp³-hybridized carbons (Fsp3) is 0.643. The Morgan fingerprint density at radius 3 is 2.38 bits per heavy atom. The third-order valence-electron chi connectivity index (χ3n) is 3.67. The molecule has 0 aliphatic carbocycles. The molecule has 0 aromatic carbocycles. The molecule has 114 valence electrons. The molecule has 0 atom stereocenters. The van der Waals surface area contributed by atoms with Crippen LogP contribution in [0, 0.1) is 13.8 Å². The van der Waals surface area contributed by atoms with E-state index in [0.717, 1.165) is 63.0 Å². The van der Waals surface area contributed by atoms with Gasteiger partial charge in [-0.2, -0.15) is 4.98 Å². The van der Waals surface area contributed by atoms with Crippen molar-refractivity contribution in [3.05, 3.63) is 29.2 Å². The number of nitrogens with zero attached hydrogens (tertiary/aromatic N) is 5. The maximum atomic E-state index is 5.30. The lowest BCUT2D eigenvalue weighted by atomic mass is 10.3. The van der Waals surface area contributed by atoms with Crippen LogP contribution in [0.3, 0.4) is 0 Å². The number of hydrogen-bond acceptors (Lipinski definition) is 7. The fourth-order valence-electron chi connectivity index (χ4n) is 2.66. The van der Waals surface area contributed by atoms with Gasteiger partial charge in [0.15, 0.2) is 11.6 Å². The number of hydrogen-bond donors (Lipinski definition) is 0. The van der Waals surface area contributed by atoms with Crippen molar-refractivity contribution in [3.63, 3.8) is 0 Å². The molecule has 1 aliphatic rings. The molecular weight excluding hydrogens is 270 g/mol. The molecule has 3 rings (SSSR count). The van der Waals surface area contributed by atoms with Crippen LogP contribution >= 0.6 is 0 Å². The zero-order chi connectivity index (χ0) is 14.7. The Bertz CT molecular complexity index is 529. The average molecular weight is 291 g/mol. The van der Waals surface area contributed by atoms with Crippen LogP contribution in [0.5, 0.6) is 0 Å². The van der Waals surface area contributed by atoms with Crippen LogP contribution in [0.1, 0.15) is 29.6 Å². The first-order valence-electron chi connectivity index (χ1n) is 7.35. The molecule has 1 saturated heterocycles. The van der Waals surface area contributed by atoms with Crippen molar-refractivity contribution in [2.24, 2.45) is 0 Å². The standard InChI is InChI=1S/C14H21N5O2/c1-11-8-13(21-16-11)9-18-4-3-5-19(7-6-18)10-14-15-12(2)20-17-14/h8H,3-7,9-10H2,1-2H3. The molecule has 2 aromatic rings. The van der Waals surface area contributed by atoms with Crippen LogP contribution in [0.2, 0.25) is 0 Å². The highest BCUT2D eigenvalue weighted by Gasteiger charge is 2.18. The maximum Gasteiger partial charge on any atom is 0.223 e. The number of aryl methyl sites for hydroxylation is 2. The Labute approximate surface area is 123 Å². The lowest BCUT2D eigenvalue weighted by Gasteiger charge is -2.19. The smallest absolute Gasteiger partial charge is 0.223 e. The average Bonchev–Trinajstić information content (AvgIpc) is 2.96. The van der Waals surface area contributed by atoms with E-state index in [1.165, 1.54) is 0 Å². The largest absolute Gasteiger partial charge is 0.360 e. The minimum absolute atomic E-state index is 0.627. The van der Waals surface area contributed by atoms with Crippen molar-refractivity contribution in [1.29, 1.82) is 0 Å². The van der Waals surface area contributed by atoms with E-state index in [1.54, 1.807) is 0 Å². The summed E-state index contributed by atoms with van der Waals surface area (Å²) in [5.41, 5.74) is 0.939. The van der Waals surface area contributed by atoms with Gasteiger partial charge in [0, 0.05) is 26.1 Å². The van der Waals surface area contributed by atoms with E-state index in [2.05, 4.69) is 25.1 Å². The number of aromatic nitrogens is 3. The van der Waals surface area contributed by atoms with Gasteiger partial charge in [-0.25, -0.2) is 0 Å². The predicted octanol–water partition coefficient (Wildman–Crippen LogP) is 1.38. The second kappa shape index (κ2) is 6.36. The van der Waals surface area contributed by atoms with Gasteiger partial charge >= 0.3 is 0 Å². The summed E-state index contributed by atoms with van der Waals surface area (Å²) >= 11 is 0. The Balaban J connectivity index is 1.51. The summed E-state index contributed by atoms with van der Waals surface area (Å²) < 4.78 is 10.3. The van der Waals surface area contributed by atoms with E-state index in [-0.39, 0.29) is 0 Å². The molecule has 0 saturated carbocycles. The van der Waals surface area contributed by atoms with Crippen LogP contribution in [-0.4, -0.2) is 51.3 Å². The van der Waals surface area contributed by atoms with Gasteiger partial charge < -0.3 is 9.05 Å². The van der Waals surface area contributed by atoms with Gasteiger partial charge in [0.2, 0.25) is 5.89 Å². The van der Waals surface area contributed by atoms with Gasteiger partial charge in [-0.3, -0.25) is 9.80 Å². The zero-order valence-corrected chi connectivity index (χ0v) is 12.6. The van der Waals surface area contributed by atoms with Crippen LogP contribution in [0.15, 0.2) is 15.1 Å². The molecule has 0 radical (unpaired) electrons. The molecule has 1 aliphatic heterocycles. The van der Waals surface area contributed by atoms with E-state index >= 15 is 0 Å². The molecule has 7 heteroatoms. The number of rotatable bonds is 4. The van der Waals surface area contributed by atoms with Gasteiger partial charge in [-0.1, -0.05) is 10.3 Å². The molecule has 1 fully saturated rings. The highest BCUT2D eigenvalue weighted by molar-refractivity contribution is 5.02. The van der Waals surface area contributed by atoms with E-state index in [0.29, 0.717) is 5.89 Å². The first-order valence-corrected chi connectivity index (χ1v) is 7.35. The Hall–Kier alpha value is -1.73. The van der Waals surface area contributed by atoms with Gasteiger partial charge in [-0.05, 0) is 26.4 Å². The molecule has 3 heterocycles. The molecule has 21 heavy (non-hydrogen) atoms. The predicted molar refractivity (Wildman–Crippen MR) is 75.4 cm³/mol. The lowest BCUT2D eigenvalue weighted by Crippen LogP contribution is -2.30. The minimum atomic E-state index is 0.627. The highest BCUT2D eigenvalue weighted by atomic mass is 16.5. The zero-order valence-electron chi connectivity index (χ0n) is 12.6. The van der Waals surface area contributed by atoms with Crippen LogP contribution < -0.4 is 0 Å². The third kappa shape index (κ3) is 3.89.